The van der Waals surface area contributed by atoms with Gasteiger partial charge in [0.15, 0.2) is 12.0 Å². The summed E-state index contributed by atoms with van der Waals surface area (Å²) in [6.45, 7) is 5.72. The van der Waals surface area contributed by atoms with E-state index < -0.39 is 0 Å². The van der Waals surface area contributed by atoms with E-state index in [1.807, 2.05) is 39.0 Å². The van der Waals surface area contributed by atoms with Gasteiger partial charge in [-0.2, -0.15) is 0 Å². The third kappa shape index (κ3) is 4.53. The van der Waals surface area contributed by atoms with Crippen LogP contribution in [0, 0.1) is 0 Å². The van der Waals surface area contributed by atoms with Gasteiger partial charge in [0, 0.05) is 24.6 Å². The van der Waals surface area contributed by atoms with Crippen molar-refractivity contribution in [1.82, 2.24) is 15.3 Å². The average molecular weight is 351 g/mol. The lowest BCUT2D eigenvalue weighted by molar-refractivity contribution is -0.117. The maximum absolute atomic E-state index is 12.4. The van der Waals surface area contributed by atoms with E-state index >= 15 is 0 Å². The van der Waals surface area contributed by atoms with Gasteiger partial charge in [-0.3, -0.25) is 14.6 Å². The SMILES string of the molecule is CC(C)(C)NC(=O)c1cc(CC(=O)Cc2ccc3ncoc3c2)ccn1. The Bertz CT molecular complexity index is 954. The Kier molecular flexibility index (Phi) is 4.84. The van der Waals surface area contributed by atoms with Crippen LogP contribution in [0.4, 0.5) is 0 Å². The van der Waals surface area contributed by atoms with Gasteiger partial charge in [0.25, 0.3) is 5.91 Å². The Morgan fingerprint density at radius 1 is 1.04 bits per heavy atom. The number of benzene rings is 1. The van der Waals surface area contributed by atoms with Crippen LogP contribution in [-0.4, -0.2) is 27.2 Å². The summed E-state index contributed by atoms with van der Waals surface area (Å²) in [6.07, 6.45) is 3.48. The summed E-state index contributed by atoms with van der Waals surface area (Å²) in [5, 5.41) is 2.87. The van der Waals surface area contributed by atoms with Gasteiger partial charge in [0.05, 0.1) is 0 Å². The van der Waals surface area contributed by atoms with E-state index in [1.54, 1.807) is 18.3 Å². The summed E-state index contributed by atoms with van der Waals surface area (Å²) in [5.74, 6) is -0.195. The van der Waals surface area contributed by atoms with Gasteiger partial charge < -0.3 is 9.73 Å². The number of hydrogen-bond donors (Lipinski definition) is 1. The zero-order valence-electron chi connectivity index (χ0n) is 15.1. The molecule has 0 aliphatic heterocycles. The Hall–Kier alpha value is -3.02. The third-order valence-electron chi connectivity index (χ3n) is 3.74. The molecule has 3 rings (SSSR count). The summed E-state index contributed by atoms with van der Waals surface area (Å²) in [5.41, 5.74) is 3.05. The lowest BCUT2D eigenvalue weighted by atomic mass is 10.0. The minimum atomic E-state index is -0.343. The number of Topliss-reactive ketones (excluding diaryl/α,β-unsaturated/α-hetero) is 1. The molecular formula is C20H21N3O3. The fourth-order valence-electron chi connectivity index (χ4n) is 2.64. The first-order valence-corrected chi connectivity index (χ1v) is 8.41. The number of nitrogens with zero attached hydrogens (tertiary/aromatic N) is 2. The minimum absolute atomic E-state index is 0.0530. The maximum atomic E-state index is 12.4. The van der Waals surface area contributed by atoms with E-state index in [9.17, 15) is 9.59 Å². The Balaban J connectivity index is 1.67. The first-order chi connectivity index (χ1) is 12.3. The second kappa shape index (κ2) is 7.07. The zero-order chi connectivity index (χ0) is 18.7. The van der Waals surface area contributed by atoms with E-state index in [1.165, 1.54) is 6.39 Å². The standard InChI is InChI=1S/C20H21N3O3/c1-20(2,3)23-19(25)17-10-14(6-7-21-17)9-15(24)8-13-4-5-16-18(11-13)26-12-22-16/h4-7,10-12H,8-9H2,1-3H3,(H,23,25). The van der Waals surface area contributed by atoms with Crippen molar-refractivity contribution in [2.45, 2.75) is 39.2 Å². The second-order valence-electron chi connectivity index (χ2n) is 7.30. The van der Waals surface area contributed by atoms with Crippen molar-refractivity contribution in [3.63, 3.8) is 0 Å². The molecule has 0 unspecified atom stereocenters. The molecule has 1 N–H and O–H groups in total. The van der Waals surface area contributed by atoms with Crippen molar-refractivity contribution in [2.75, 3.05) is 0 Å². The summed E-state index contributed by atoms with van der Waals surface area (Å²) in [6, 6.07) is 8.96. The van der Waals surface area contributed by atoms with Crippen molar-refractivity contribution >= 4 is 22.8 Å². The monoisotopic (exact) mass is 351 g/mol. The van der Waals surface area contributed by atoms with Gasteiger partial charge in [-0.05, 0) is 56.2 Å². The van der Waals surface area contributed by atoms with E-state index in [2.05, 4.69) is 15.3 Å². The molecule has 26 heavy (non-hydrogen) atoms. The van der Waals surface area contributed by atoms with Crippen LogP contribution in [0.3, 0.4) is 0 Å². The maximum Gasteiger partial charge on any atom is 0.270 e. The Morgan fingerprint density at radius 2 is 1.77 bits per heavy atom. The summed E-state index contributed by atoms with van der Waals surface area (Å²) < 4.78 is 5.27. The van der Waals surface area contributed by atoms with Crippen LogP contribution in [0.25, 0.3) is 11.1 Å². The molecule has 0 radical (unpaired) electrons. The summed E-state index contributed by atoms with van der Waals surface area (Å²) >= 11 is 0. The molecule has 2 heterocycles. The molecule has 6 nitrogen and oxygen atoms in total. The number of amides is 1. The number of nitrogens with one attached hydrogen (secondary N) is 1. The van der Waals surface area contributed by atoms with Crippen molar-refractivity contribution in [3.05, 3.63) is 59.7 Å². The molecule has 0 saturated carbocycles. The smallest absolute Gasteiger partial charge is 0.270 e. The third-order valence-corrected chi connectivity index (χ3v) is 3.74. The summed E-state index contributed by atoms with van der Waals surface area (Å²) in [4.78, 5) is 32.8. The summed E-state index contributed by atoms with van der Waals surface area (Å²) in [7, 11) is 0. The molecule has 134 valence electrons. The minimum Gasteiger partial charge on any atom is -0.443 e. The largest absolute Gasteiger partial charge is 0.443 e. The van der Waals surface area contributed by atoms with Gasteiger partial charge >= 0.3 is 0 Å². The molecule has 1 amide bonds. The molecule has 2 aromatic heterocycles. The first kappa shape index (κ1) is 17.8. The number of oxazole rings is 1. The topological polar surface area (TPSA) is 85.1 Å². The highest BCUT2D eigenvalue weighted by Crippen LogP contribution is 2.15. The fraction of sp³-hybridized carbons (Fsp3) is 0.300. The number of fused-ring (bicyclic) bond motifs is 1. The average Bonchev–Trinajstić information content (AvgIpc) is 3.01. The van der Waals surface area contributed by atoms with Crippen LogP contribution in [-0.2, 0) is 17.6 Å². The van der Waals surface area contributed by atoms with Crippen LogP contribution in [0.5, 0.6) is 0 Å². The van der Waals surface area contributed by atoms with Gasteiger partial charge in [-0.25, -0.2) is 4.98 Å². The van der Waals surface area contributed by atoms with Crippen LogP contribution in [0.1, 0.15) is 42.4 Å². The van der Waals surface area contributed by atoms with Gasteiger partial charge in [0.1, 0.15) is 17.0 Å². The molecule has 0 fully saturated rings. The molecular weight excluding hydrogens is 330 g/mol. The van der Waals surface area contributed by atoms with Crippen molar-refractivity contribution in [3.8, 4) is 0 Å². The van der Waals surface area contributed by atoms with Gasteiger partial charge in [0.2, 0.25) is 0 Å². The fourth-order valence-corrected chi connectivity index (χ4v) is 2.64. The Labute approximate surface area is 151 Å². The normalized spacial score (nSPS) is 11.5. The van der Waals surface area contributed by atoms with E-state index in [4.69, 9.17) is 4.42 Å². The van der Waals surface area contributed by atoms with E-state index in [-0.39, 0.29) is 23.7 Å². The molecule has 3 aromatic rings. The van der Waals surface area contributed by atoms with Crippen LogP contribution >= 0.6 is 0 Å². The molecule has 1 aromatic carbocycles. The second-order valence-corrected chi connectivity index (χ2v) is 7.30. The Morgan fingerprint density at radius 3 is 2.50 bits per heavy atom. The highest BCUT2D eigenvalue weighted by molar-refractivity contribution is 5.93. The predicted molar refractivity (Wildman–Crippen MR) is 97.9 cm³/mol. The predicted octanol–water partition coefficient (Wildman–Crippen LogP) is 3.11. The van der Waals surface area contributed by atoms with E-state index in [0.717, 1.165) is 16.6 Å². The van der Waals surface area contributed by atoms with E-state index in [0.29, 0.717) is 17.7 Å². The highest BCUT2D eigenvalue weighted by Gasteiger charge is 2.17. The molecule has 0 spiro atoms. The molecule has 0 saturated heterocycles. The van der Waals surface area contributed by atoms with Gasteiger partial charge in [-0.1, -0.05) is 6.07 Å². The van der Waals surface area contributed by atoms with Crippen LogP contribution < -0.4 is 5.32 Å². The molecule has 0 bridgehead atoms. The molecule has 0 atom stereocenters. The highest BCUT2D eigenvalue weighted by atomic mass is 16.3. The number of ketones is 1. The lowest BCUT2D eigenvalue weighted by Gasteiger charge is -2.20. The number of pyridine rings is 1. The number of carbonyl (C=O) groups excluding carboxylic acids is 2. The number of aromatic nitrogens is 2. The quantitative estimate of drug-likeness (QED) is 0.763. The lowest BCUT2D eigenvalue weighted by Crippen LogP contribution is -2.40. The van der Waals surface area contributed by atoms with Crippen LogP contribution in [0.2, 0.25) is 0 Å². The molecule has 0 aliphatic carbocycles. The number of rotatable bonds is 5. The van der Waals surface area contributed by atoms with Crippen molar-refractivity contribution < 1.29 is 14.0 Å². The first-order valence-electron chi connectivity index (χ1n) is 8.41. The number of carbonyl (C=O) groups is 2. The zero-order valence-corrected chi connectivity index (χ0v) is 15.1. The van der Waals surface area contributed by atoms with Crippen molar-refractivity contribution in [2.24, 2.45) is 0 Å². The number of hydrogen-bond acceptors (Lipinski definition) is 5. The molecule has 0 aliphatic rings. The molecule has 6 heteroatoms. The van der Waals surface area contributed by atoms with Gasteiger partial charge in [-0.15, -0.1) is 0 Å². The van der Waals surface area contributed by atoms with Crippen LogP contribution in [0.15, 0.2) is 47.3 Å². The van der Waals surface area contributed by atoms with Crippen molar-refractivity contribution in [1.29, 1.82) is 0 Å².